The van der Waals surface area contributed by atoms with Gasteiger partial charge in [-0.2, -0.15) is 13.2 Å². The Morgan fingerprint density at radius 1 is 1.29 bits per heavy atom. The maximum Gasteiger partial charge on any atom is 0.405 e. The number of urea groups is 1. The summed E-state index contributed by atoms with van der Waals surface area (Å²) in [7, 11) is 1.59. The molecule has 1 aromatic heterocycles. The fraction of sp³-hybridized carbons (Fsp3) is 0.407. The number of carbonyl (C=O) groups excluding carboxylic acids is 2. The molecule has 3 amide bonds. The smallest absolute Gasteiger partial charge is 0.381 e. The number of amides is 3. The molecule has 14 heteroatoms. The second-order valence-corrected chi connectivity index (χ2v) is 9.28. The van der Waals surface area contributed by atoms with Gasteiger partial charge < -0.3 is 31.1 Å². The van der Waals surface area contributed by atoms with E-state index in [9.17, 15) is 22.8 Å². The quantitative estimate of drug-likeness (QED) is 0.258. The maximum atomic E-state index is 12.5. The van der Waals surface area contributed by atoms with Gasteiger partial charge in [0.2, 0.25) is 5.91 Å². The van der Waals surface area contributed by atoms with Crippen LogP contribution in [0.3, 0.4) is 0 Å². The summed E-state index contributed by atoms with van der Waals surface area (Å²) in [6.07, 6.45) is 4.54. The largest absolute Gasteiger partial charge is 0.405 e. The Balaban J connectivity index is 1.69. The molecule has 1 fully saturated rings. The number of anilines is 1. The molecule has 1 aliphatic heterocycles. The van der Waals surface area contributed by atoms with Gasteiger partial charge in [0.15, 0.2) is 0 Å². The number of hydrogen-bond donors (Lipinski definition) is 5. The van der Waals surface area contributed by atoms with E-state index in [0.717, 1.165) is 12.8 Å². The number of alkyl halides is 3. The first kappa shape index (κ1) is 31.2. The Morgan fingerprint density at radius 2 is 2.05 bits per heavy atom. The average Bonchev–Trinajstić information content (AvgIpc) is 3.41. The average molecular weight is 575 g/mol. The molecule has 2 aromatic rings. The first-order chi connectivity index (χ1) is 19.6. The van der Waals surface area contributed by atoms with Gasteiger partial charge in [-0.3, -0.25) is 14.8 Å². The van der Waals surface area contributed by atoms with Gasteiger partial charge in [-0.05, 0) is 43.5 Å². The number of carbonyl (C=O) groups is 2. The summed E-state index contributed by atoms with van der Waals surface area (Å²) in [4.78, 5) is 40.2. The molecular formula is C27H33F3N8O3. The molecule has 2 unspecified atom stereocenters. The van der Waals surface area contributed by atoms with Crippen LogP contribution in [-0.4, -0.2) is 85.6 Å². The van der Waals surface area contributed by atoms with E-state index in [1.807, 2.05) is 0 Å². The van der Waals surface area contributed by atoms with Crippen LogP contribution in [-0.2, 0) is 9.53 Å². The van der Waals surface area contributed by atoms with Gasteiger partial charge in [-0.15, -0.1) is 0 Å². The molecule has 0 bridgehead atoms. The summed E-state index contributed by atoms with van der Waals surface area (Å²) in [5.74, 6) is -0.327. The van der Waals surface area contributed by atoms with Crippen molar-refractivity contribution in [2.24, 2.45) is 15.9 Å². The number of ether oxygens (including phenoxy) is 1. The Morgan fingerprint density at radius 3 is 2.73 bits per heavy atom. The third kappa shape index (κ3) is 10.3. The topological polar surface area (TPSA) is 157 Å². The Hall–Kier alpha value is -4.33. The lowest BCUT2D eigenvalue weighted by atomic mass is 10.0. The fourth-order valence-electron chi connectivity index (χ4n) is 3.88. The van der Waals surface area contributed by atoms with Crippen LogP contribution in [0.1, 0.15) is 25.6 Å². The van der Waals surface area contributed by atoms with Crippen molar-refractivity contribution < 1.29 is 27.5 Å². The molecular weight excluding hydrogens is 541 g/mol. The maximum absolute atomic E-state index is 12.5. The van der Waals surface area contributed by atoms with E-state index in [4.69, 9.17) is 10.1 Å². The highest BCUT2D eigenvalue weighted by Crippen LogP contribution is 2.22. The standard InChI is InChI=1S/C27H33F3N8O3/c1-17(25(39)36-21-6-8-41-9-7-21)33-14-20(12-31)19(13-32-2)11-24-34-15-23(38-24)18-4-3-5-22(10-18)37-26(40)35-16-27(28,29)30/h3-5,10-15,17,20-21,31H,6-9,16H2,1-2H3,(H,34,38)(H,36,39)(H2,35,37,40)/b19-11+,31-12?,32-13?,33-14?. The number of hydrogen-bond acceptors (Lipinski definition) is 7. The van der Waals surface area contributed by atoms with Crippen LogP contribution in [0.15, 0.2) is 46.0 Å². The first-order valence-electron chi connectivity index (χ1n) is 12.9. The number of aromatic nitrogens is 2. The zero-order chi connectivity index (χ0) is 29.8. The molecule has 220 valence electrons. The number of aliphatic imine (C=N–C) groups is 2. The van der Waals surface area contributed by atoms with Crippen molar-refractivity contribution in [3.63, 3.8) is 0 Å². The lowest BCUT2D eigenvalue weighted by molar-refractivity contribution is -0.123. The van der Waals surface area contributed by atoms with Crippen molar-refractivity contribution >= 4 is 42.3 Å². The van der Waals surface area contributed by atoms with Crippen molar-refractivity contribution in [1.82, 2.24) is 20.6 Å². The molecule has 41 heavy (non-hydrogen) atoms. The van der Waals surface area contributed by atoms with Gasteiger partial charge in [-0.1, -0.05) is 12.1 Å². The number of nitrogens with zero attached hydrogens (tertiary/aromatic N) is 3. The summed E-state index contributed by atoms with van der Waals surface area (Å²) < 4.78 is 42.3. The fourth-order valence-corrected chi connectivity index (χ4v) is 3.88. The molecule has 2 heterocycles. The van der Waals surface area contributed by atoms with Gasteiger partial charge in [0.05, 0.1) is 17.8 Å². The summed E-state index contributed by atoms with van der Waals surface area (Å²) in [6, 6.07) is 4.95. The monoisotopic (exact) mass is 574 g/mol. The van der Waals surface area contributed by atoms with E-state index >= 15 is 0 Å². The molecule has 2 atom stereocenters. The summed E-state index contributed by atoms with van der Waals surface area (Å²) in [6.45, 7) is 1.47. The lowest BCUT2D eigenvalue weighted by Gasteiger charge is -2.24. The van der Waals surface area contributed by atoms with Gasteiger partial charge in [0.25, 0.3) is 0 Å². The van der Waals surface area contributed by atoms with Crippen LogP contribution in [0.4, 0.5) is 23.7 Å². The minimum atomic E-state index is -4.51. The second-order valence-electron chi connectivity index (χ2n) is 9.28. The molecule has 1 aromatic carbocycles. The SMILES string of the molecule is CN=C/C(=C\c1ncc(-c2cccc(NC(=O)NCC(F)(F)F)c2)[nH]1)C(C=N)C=NC(C)C(=O)NC1CCOCC1. The van der Waals surface area contributed by atoms with Crippen LogP contribution in [0.5, 0.6) is 0 Å². The van der Waals surface area contributed by atoms with Gasteiger partial charge in [0, 0.05) is 56.2 Å². The van der Waals surface area contributed by atoms with Crippen molar-refractivity contribution in [1.29, 1.82) is 5.41 Å². The van der Waals surface area contributed by atoms with Crippen LogP contribution in [0, 0.1) is 11.3 Å². The first-order valence-corrected chi connectivity index (χ1v) is 12.9. The predicted octanol–water partition coefficient (Wildman–Crippen LogP) is 3.86. The lowest BCUT2D eigenvalue weighted by Crippen LogP contribution is -2.42. The van der Waals surface area contributed by atoms with Crippen LogP contribution in [0.2, 0.25) is 0 Å². The number of benzene rings is 1. The van der Waals surface area contributed by atoms with Crippen molar-refractivity contribution in [3.05, 3.63) is 41.9 Å². The highest BCUT2D eigenvalue weighted by atomic mass is 19.4. The Labute approximate surface area is 235 Å². The minimum absolute atomic E-state index is 0.0614. The highest BCUT2D eigenvalue weighted by Gasteiger charge is 2.27. The Bertz CT molecular complexity index is 1280. The molecule has 0 radical (unpaired) electrons. The third-order valence-electron chi connectivity index (χ3n) is 6.04. The van der Waals surface area contributed by atoms with E-state index < -0.39 is 30.7 Å². The molecule has 5 N–H and O–H groups in total. The summed E-state index contributed by atoms with van der Waals surface area (Å²) in [5.41, 5.74) is 2.11. The highest BCUT2D eigenvalue weighted by molar-refractivity contribution is 6.00. The molecule has 0 saturated carbocycles. The molecule has 0 spiro atoms. The van der Waals surface area contributed by atoms with E-state index in [-0.39, 0.29) is 11.9 Å². The van der Waals surface area contributed by atoms with Crippen LogP contribution < -0.4 is 16.0 Å². The van der Waals surface area contributed by atoms with E-state index in [0.29, 0.717) is 41.6 Å². The van der Waals surface area contributed by atoms with Crippen molar-refractivity contribution in [3.8, 4) is 11.3 Å². The van der Waals surface area contributed by atoms with Crippen molar-refractivity contribution in [2.75, 3.05) is 32.1 Å². The number of H-pyrrole nitrogens is 1. The van der Waals surface area contributed by atoms with Crippen LogP contribution >= 0.6 is 0 Å². The van der Waals surface area contributed by atoms with E-state index in [1.54, 1.807) is 62.0 Å². The molecule has 3 rings (SSSR count). The summed E-state index contributed by atoms with van der Waals surface area (Å²) in [5, 5.41) is 15.0. The van der Waals surface area contributed by atoms with Crippen molar-refractivity contribution in [2.45, 2.75) is 38.0 Å². The number of imidazole rings is 1. The number of allylic oxidation sites excluding steroid dienone is 1. The van der Waals surface area contributed by atoms with Gasteiger partial charge >= 0.3 is 12.2 Å². The Kier molecular flexibility index (Phi) is 11.3. The normalized spacial score (nSPS) is 16.5. The van der Waals surface area contributed by atoms with Gasteiger partial charge in [0.1, 0.15) is 18.4 Å². The van der Waals surface area contributed by atoms with E-state index in [1.165, 1.54) is 12.4 Å². The molecule has 1 saturated heterocycles. The molecule has 11 nitrogen and oxygen atoms in total. The summed E-state index contributed by atoms with van der Waals surface area (Å²) >= 11 is 0. The van der Waals surface area contributed by atoms with Crippen LogP contribution in [0.25, 0.3) is 17.3 Å². The van der Waals surface area contributed by atoms with E-state index in [2.05, 4.69) is 30.6 Å². The molecule has 0 aliphatic carbocycles. The third-order valence-corrected chi connectivity index (χ3v) is 6.04. The minimum Gasteiger partial charge on any atom is -0.381 e. The number of nitrogens with one attached hydrogen (secondary N) is 5. The zero-order valence-electron chi connectivity index (χ0n) is 22.7. The molecule has 1 aliphatic rings. The second kappa shape index (κ2) is 14.9. The number of aromatic amines is 1. The van der Waals surface area contributed by atoms with Gasteiger partial charge in [-0.25, -0.2) is 9.78 Å². The zero-order valence-corrected chi connectivity index (χ0v) is 22.7. The predicted molar refractivity (Wildman–Crippen MR) is 152 cm³/mol. The number of halogens is 3. The number of rotatable bonds is 11.